The molecule has 1 amide bonds. The number of carbonyl (C=O) groups is 1. The van der Waals surface area contributed by atoms with Crippen molar-refractivity contribution in [1.29, 1.82) is 0 Å². The summed E-state index contributed by atoms with van der Waals surface area (Å²) < 4.78 is 5.32. The Morgan fingerprint density at radius 3 is 3.00 bits per heavy atom. The van der Waals surface area contributed by atoms with Crippen molar-refractivity contribution in [2.45, 2.75) is 13.0 Å². The first-order valence-electron chi connectivity index (χ1n) is 6.03. The van der Waals surface area contributed by atoms with Gasteiger partial charge in [-0.05, 0) is 12.5 Å². The number of nitrogens with one attached hydrogen (secondary N) is 1. The first kappa shape index (κ1) is 11.2. The van der Waals surface area contributed by atoms with Crippen LogP contribution in [0.2, 0.25) is 0 Å². The smallest absolute Gasteiger partial charge is 0.252 e. The second-order valence-electron chi connectivity index (χ2n) is 4.44. The molecule has 0 bridgehead atoms. The summed E-state index contributed by atoms with van der Waals surface area (Å²) in [6, 6.07) is 2.06. The van der Waals surface area contributed by atoms with Gasteiger partial charge in [-0.25, -0.2) is 0 Å². The lowest BCUT2D eigenvalue weighted by Gasteiger charge is -2.26. The molecule has 3 heterocycles. The number of morpholine rings is 1. The lowest BCUT2D eigenvalue weighted by Crippen LogP contribution is -2.37. The SMILES string of the molecule is O=C1NCc2sc(CCN3CCOCC3)cc21. The second kappa shape index (κ2) is 4.76. The van der Waals surface area contributed by atoms with E-state index in [1.807, 2.05) is 0 Å². The summed E-state index contributed by atoms with van der Waals surface area (Å²) in [5, 5.41) is 2.84. The molecular weight excluding hydrogens is 236 g/mol. The fourth-order valence-electron chi connectivity index (χ4n) is 2.28. The summed E-state index contributed by atoms with van der Waals surface area (Å²) in [5.74, 6) is 0.0915. The molecule has 1 aromatic heterocycles. The fraction of sp³-hybridized carbons (Fsp3) is 0.583. The van der Waals surface area contributed by atoms with Gasteiger partial charge in [-0.15, -0.1) is 11.3 Å². The maximum atomic E-state index is 11.5. The van der Waals surface area contributed by atoms with Gasteiger partial charge in [0.25, 0.3) is 5.91 Å². The third-order valence-electron chi connectivity index (χ3n) is 3.29. The third-order valence-corrected chi connectivity index (χ3v) is 4.49. The average molecular weight is 252 g/mol. The zero-order chi connectivity index (χ0) is 11.7. The van der Waals surface area contributed by atoms with Crippen LogP contribution in [-0.2, 0) is 17.7 Å². The minimum Gasteiger partial charge on any atom is -0.379 e. The summed E-state index contributed by atoms with van der Waals surface area (Å²) in [5.41, 5.74) is 0.895. The molecular formula is C12H16N2O2S. The highest BCUT2D eigenvalue weighted by Gasteiger charge is 2.22. The average Bonchev–Trinajstić information content (AvgIpc) is 2.91. The Labute approximate surface area is 105 Å². The van der Waals surface area contributed by atoms with E-state index in [1.165, 1.54) is 9.75 Å². The number of fused-ring (bicyclic) bond motifs is 1. The van der Waals surface area contributed by atoms with Gasteiger partial charge in [0.05, 0.1) is 25.3 Å². The molecule has 1 N–H and O–H groups in total. The Balaban J connectivity index is 1.58. The number of thiophene rings is 1. The van der Waals surface area contributed by atoms with Crippen LogP contribution in [0.3, 0.4) is 0 Å². The van der Waals surface area contributed by atoms with Gasteiger partial charge >= 0.3 is 0 Å². The van der Waals surface area contributed by atoms with Gasteiger partial charge in [0, 0.05) is 29.4 Å². The van der Waals surface area contributed by atoms with Crippen LogP contribution in [0.25, 0.3) is 0 Å². The van der Waals surface area contributed by atoms with Crippen LogP contribution >= 0.6 is 11.3 Å². The van der Waals surface area contributed by atoms with Gasteiger partial charge in [0.15, 0.2) is 0 Å². The van der Waals surface area contributed by atoms with Crippen molar-refractivity contribution in [3.63, 3.8) is 0 Å². The number of ether oxygens (including phenoxy) is 1. The lowest BCUT2D eigenvalue weighted by molar-refractivity contribution is 0.0385. The predicted octanol–water partition coefficient (Wildman–Crippen LogP) is 0.866. The molecule has 0 radical (unpaired) electrons. The second-order valence-corrected chi connectivity index (χ2v) is 5.66. The maximum Gasteiger partial charge on any atom is 0.252 e. The van der Waals surface area contributed by atoms with Crippen molar-refractivity contribution in [3.05, 3.63) is 21.4 Å². The molecule has 1 saturated heterocycles. The van der Waals surface area contributed by atoms with E-state index in [9.17, 15) is 4.79 Å². The molecule has 0 unspecified atom stereocenters. The van der Waals surface area contributed by atoms with Gasteiger partial charge in [-0.2, -0.15) is 0 Å². The first-order valence-corrected chi connectivity index (χ1v) is 6.84. The Morgan fingerprint density at radius 2 is 2.24 bits per heavy atom. The lowest BCUT2D eigenvalue weighted by atomic mass is 10.2. The number of hydrogen-bond donors (Lipinski definition) is 1. The van der Waals surface area contributed by atoms with Crippen LogP contribution in [0.15, 0.2) is 6.07 Å². The number of nitrogens with zero attached hydrogens (tertiary/aromatic N) is 1. The number of rotatable bonds is 3. The van der Waals surface area contributed by atoms with Gasteiger partial charge in [-0.1, -0.05) is 0 Å². The fourth-order valence-corrected chi connectivity index (χ4v) is 3.37. The van der Waals surface area contributed by atoms with Crippen LogP contribution in [0.1, 0.15) is 20.1 Å². The monoisotopic (exact) mass is 252 g/mol. The highest BCUT2D eigenvalue weighted by atomic mass is 32.1. The molecule has 3 rings (SSSR count). The molecule has 0 atom stereocenters. The van der Waals surface area contributed by atoms with Crippen molar-refractivity contribution in [3.8, 4) is 0 Å². The molecule has 5 heteroatoms. The van der Waals surface area contributed by atoms with Gasteiger partial charge < -0.3 is 10.1 Å². The van der Waals surface area contributed by atoms with Crippen molar-refractivity contribution >= 4 is 17.2 Å². The molecule has 1 fully saturated rings. The summed E-state index contributed by atoms with van der Waals surface area (Å²) >= 11 is 1.77. The number of amides is 1. The van der Waals surface area contributed by atoms with Gasteiger partial charge in [0.2, 0.25) is 0 Å². The molecule has 2 aliphatic rings. The summed E-state index contributed by atoms with van der Waals surface area (Å²) in [7, 11) is 0. The summed E-state index contributed by atoms with van der Waals surface area (Å²) in [4.78, 5) is 16.4. The highest BCUT2D eigenvalue weighted by molar-refractivity contribution is 7.12. The molecule has 2 aliphatic heterocycles. The van der Waals surface area contributed by atoms with Crippen molar-refractivity contribution in [1.82, 2.24) is 10.2 Å². The summed E-state index contributed by atoms with van der Waals surface area (Å²) in [6.45, 7) is 5.56. The van der Waals surface area contributed by atoms with E-state index in [0.717, 1.165) is 51.4 Å². The molecule has 0 aromatic carbocycles. The topological polar surface area (TPSA) is 41.6 Å². The van der Waals surface area contributed by atoms with Crippen molar-refractivity contribution < 1.29 is 9.53 Å². The molecule has 92 valence electrons. The quantitative estimate of drug-likeness (QED) is 0.868. The van der Waals surface area contributed by atoms with Crippen LogP contribution in [0.4, 0.5) is 0 Å². The van der Waals surface area contributed by atoms with Crippen LogP contribution in [-0.4, -0.2) is 43.7 Å². The molecule has 4 nitrogen and oxygen atoms in total. The first-order chi connectivity index (χ1) is 8.33. The highest BCUT2D eigenvalue weighted by Crippen LogP contribution is 2.26. The van der Waals surface area contributed by atoms with Crippen LogP contribution in [0.5, 0.6) is 0 Å². The Morgan fingerprint density at radius 1 is 1.41 bits per heavy atom. The van der Waals surface area contributed by atoms with E-state index in [2.05, 4.69) is 16.3 Å². The van der Waals surface area contributed by atoms with E-state index in [0.29, 0.717) is 0 Å². The molecule has 0 saturated carbocycles. The van der Waals surface area contributed by atoms with Gasteiger partial charge in [-0.3, -0.25) is 9.69 Å². The van der Waals surface area contributed by atoms with Crippen LogP contribution in [0, 0.1) is 0 Å². The van der Waals surface area contributed by atoms with Crippen molar-refractivity contribution in [2.75, 3.05) is 32.8 Å². The zero-order valence-corrected chi connectivity index (χ0v) is 10.5. The Kier molecular flexibility index (Phi) is 3.13. The van der Waals surface area contributed by atoms with E-state index in [4.69, 9.17) is 4.74 Å². The maximum absolute atomic E-state index is 11.5. The van der Waals surface area contributed by atoms with Crippen molar-refractivity contribution in [2.24, 2.45) is 0 Å². The van der Waals surface area contributed by atoms with E-state index in [-0.39, 0.29) is 5.91 Å². The van der Waals surface area contributed by atoms with E-state index in [1.54, 1.807) is 11.3 Å². The normalized spacial score (nSPS) is 20.4. The van der Waals surface area contributed by atoms with E-state index >= 15 is 0 Å². The molecule has 1 aromatic rings. The largest absolute Gasteiger partial charge is 0.379 e. The van der Waals surface area contributed by atoms with E-state index < -0.39 is 0 Å². The molecule has 17 heavy (non-hydrogen) atoms. The zero-order valence-electron chi connectivity index (χ0n) is 9.70. The van der Waals surface area contributed by atoms with Gasteiger partial charge in [0.1, 0.15) is 0 Å². The standard InChI is InChI=1S/C12H16N2O2S/c15-12-10-7-9(17-11(10)8-13-12)1-2-14-3-5-16-6-4-14/h7H,1-6,8H2,(H,13,15). The molecule has 0 spiro atoms. The Bertz CT molecular complexity index is 424. The Hall–Kier alpha value is -0.910. The molecule has 0 aliphatic carbocycles. The minimum absolute atomic E-state index is 0.0915. The number of carbonyl (C=O) groups excluding carboxylic acids is 1. The van der Waals surface area contributed by atoms with Crippen LogP contribution < -0.4 is 5.32 Å². The predicted molar refractivity (Wildman–Crippen MR) is 66.5 cm³/mol. The number of hydrogen-bond acceptors (Lipinski definition) is 4. The minimum atomic E-state index is 0.0915. The third kappa shape index (κ3) is 2.36. The summed E-state index contributed by atoms with van der Waals surface area (Å²) in [6.07, 6.45) is 1.05.